The Morgan fingerprint density at radius 1 is 1.53 bits per heavy atom. The van der Waals surface area contributed by atoms with Gasteiger partial charge in [0.05, 0.1) is 17.3 Å². The zero-order chi connectivity index (χ0) is 11.4. The van der Waals surface area contributed by atoms with Crippen LogP contribution in [-0.4, -0.2) is 13.2 Å². The van der Waals surface area contributed by atoms with Gasteiger partial charge in [-0.2, -0.15) is 0 Å². The summed E-state index contributed by atoms with van der Waals surface area (Å²) in [5.41, 5.74) is 0.922. The maximum Gasteiger partial charge on any atom is 0.156 e. The van der Waals surface area contributed by atoms with E-state index in [2.05, 4.69) is 35.1 Å². The van der Waals surface area contributed by atoms with E-state index in [1.165, 1.54) is 0 Å². The van der Waals surface area contributed by atoms with E-state index in [0.717, 1.165) is 22.3 Å². The molecule has 0 bridgehead atoms. The minimum Gasteiger partial charge on any atom is -0.493 e. The first-order valence-electron chi connectivity index (χ1n) is 4.88. The molecule has 0 aliphatic heterocycles. The molecule has 1 atom stereocenters. The molecule has 0 spiro atoms. The lowest BCUT2D eigenvalue weighted by molar-refractivity contribution is 0.413. The zero-order valence-electron chi connectivity index (χ0n) is 9.10. The predicted octanol–water partition coefficient (Wildman–Crippen LogP) is 4.32. The molecule has 0 aromatic heterocycles. The standard InChI is InChI=1S/C11H15BrClNO/c1-4-7(2)14-10-6-8(13)5-9(12)11(10)15-3/h5-7,14H,4H2,1-3H3. The molecule has 1 aromatic carbocycles. The van der Waals surface area contributed by atoms with Gasteiger partial charge in [0.15, 0.2) is 5.75 Å². The van der Waals surface area contributed by atoms with Crippen LogP contribution in [0.4, 0.5) is 5.69 Å². The normalized spacial score (nSPS) is 12.3. The van der Waals surface area contributed by atoms with Gasteiger partial charge < -0.3 is 10.1 Å². The van der Waals surface area contributed by atoms with Gasteiger partial charge in [0.25, 0.3) is 0 Å². The van der Waals surface area contributed by atoms with E-state index in [1.807, 2.05) is 12.1 Å². The van der Waals surface area contributed by atoms with E-state index in [4.69, 9.17) is 16.3 Å². The molecule has 0 heterocycles. The summed E-state index contributed by atoms with van der Waals surface area (Å²) in [4.78, 5) is 0. The zero-order valence-corrected chi connectivity index (χ0v) is 11.4. The van der Waals surface area contributed by atoms with Gasteiger partial charge in [-0.3, -0.25) is 0 Å². The Hall–Kier alpha value is -0.410. The number of benzene rings is 1. The summed E-state index contributed by atoms with van der Waals surface area (Å²) in [7, 11) is 1.65. The van der Waals surface area contributed by atoms with Crippen molar-refractivity contribution < 1.29 is 4.74 Å². The van der Waals surface area contributed by atoms with Gasteiger partial charge in [0, 0.05) is 11.1 Å². The number of hydrogen-bond acceptors (Lipinski definition) is 2. The Bertz CT molecular complexity index is 344. The molecule has 0 saturated carbocycles. The third-order valence-corrected chi connectivity index (χ3v) is 3.03. The van der Waals surface area contributed by atoms with Gasteiger partial charge in [-0.1, -0.05) is 18.5 Å². The topological polar surface area (TPSA) is 21.3 Å². The average Bonchev–Trinajstić information content (AvgIpc) is 2.17. The molecule has 0 amide bonds. The molecule has 1 aromatic rings. The SMILES string of the molecule is CCC(C)Nc1cc(Cl)cc(Br)c1OC. The van der Waals surface area contributed by atoms with Crippen molar-refractivity contribution >= 4 is 33.2 Å². The summed E-state index contributed by atoms with van der Waals surface area (Å²) in [6.07, 6.45) is 1.05. The molecule has 0 saturated heterocycles. The number of anilines is 1. The molecule has 0 aliphatic carbocycles. The fourth-order valence-electron chi connectivity index (χ4n) is 1.24. The molecule has 0 fully saturated rings. The summed E-state index contributed by atoms with van der Waals surface area (Å²) in [6.45, 7) is 4.25. The monoisotopic (exact) mass is 291 g/mol. The average molecular weight is 293 g/mol. The Morgan fingerprint density at radius 3 is 2.73 bits per heavy atom. The summed E-state index contributed by atoms with van der Waals surface area (Å²) in [6, 6.07) is 4.09. The summed E-state index contributed by atoms with van der Waals surface area (Å²) in [5.74, 6) is 0.791. The Balaban J connectivity index is 3.03. The molecule has 1 unspecified atom stereocenters. The Morgan fingerprint density at radius 2 is 2.20 bits per heavy atom. The maximum atomic E-state index is 5.98. The van der Waals surface area contributed by atoms with Gasteiger partial charge in [-0.25, -0.2) is 0 Å². The first-order valence-corrected chi connectivity index (χ1v) is 6.05. The molecule has 0 aliphatic rings. The Labute approximate surface area is 104 Å². The second-order valence-corrected chi connectivity index (χ2v) is 4.71. The lowest BCUT2D eigenvalue weighted by atomic mass is 10.2. The highest BCUT2D eigenvalue weighted by Gasteiger charge is 2.10. The van der Waals surface area contributed by atoms with Crippen LogP contribution in [0.1, 0.15) is 20.3 Å². The number of ether oxygens (including phenoxy) is 1. The highest BCUT2D eigenvalue weighted by Crippen LogP contribution is 2.36. The first-order chi connectivity index (χ1) is 7.08. The van der Waals surface area contributed by atoms with E-state index in [1.54, 1.807) is 7.11 Å². The van der Waals surface area contributed by atoms with Crippen molar-refractivity contribution in [3.05, 3.63) is 21.6 Å². The van der Waals surface area contributed by atoms with Gasteiger partial charge in [-0.15, -0.1) is 0 Å². The summed E-state index contributed by atoms with van der Waals surface area (Å²) in [5, 5.41) is 4.04. The largest absolute Gasteiger partial charge is 0.493 e. The second kappa shape index (κ2) is 5.61. The molecule has 84 valence electrons. The Kier molecular flexibility index (Phi) is 4.74. The van der Waals surface area contributed by atoms with Crippen LogP contribution in [0.5, 0.6) is 5.75 Å². The van der Waals surface area contributed by atoms with Gasteiger partial charge >= 0.3 is 0 Å². The van der Waals surface area contributed by atoms with Crippen molar-refractivity contribution in [2.24, 2.45) is 0 Å². The number of rotatable bonds is 4. The van der Waals surface area contributed by atoms with Gasteiger partial charge in [-0.05, 0) is 41.4 Å². The van der Waals surface area contributed by atoms with E-state index in [9.17, 15) is 0 Å². The molecular weight excluding hydrogens is 277 g/mol. The molecular formula is C11H15BrClNO. The lowest BCUT2D eigenvalue weighted by Gasteiger charge is -2.17. The van der Waals surface area contributed by atoms with Crippen molar-refractivity contribution in [3.8, 4) is 5.75 Å². The molecule has 0 radical (unpaired) electrons. The van der Waals surface area contributed by atoms with E-state index in [0.29, 0.717) is 11.1 Å². The minimum absolute atomic E-state index is 0.393. The molecule has 2 nitrogen and oxygen atoms in total. The van der Waals surface area contributed by atoms with Crippen LogP contribution in [0.3, 0.4) is 0 Å². The third kappa shape index (κ3) is 3.28. The minimum atomic E-state index is 0.393. The third-order valence-electron chi connectivity index (χ3n) is 2.23. The van der Waals surface area contributed by atoms with E-state index < -0.39 is 0 Å². The summed E-state index contributed by atoms with van der Waals surface area (Å²) >= 11 is 9.40. The van der Waals surface area contributed by atoms with Crippen molar-refractivity contribution in [1.82, 2.24) is 0 Å². The van der Waals surface area contributed by atoms with Crippen molar-refractivity contribution in [1.29, 1.82) is 0 Å². The highest BCUT2D eigenvalue weighted by atomic mass is 79.9. The molecule has 1 N–H and O–H groups in total. The smallest absolute Gasteiger partial charge is 0.156 e. The number of hydrogen-bond donors (Lipinski definition) is 1. The van der Waals surface area contributed by atoms with Gasteiger partial charge in [0.1, 0.15) is 0 Å². The van der Waals surface area contributed by atoms with Crippen LogP contribution in [0.15, 0.2) is 16.6 Å². The molecule has 1 rings (SSSR count). The fraction of sp³-hybridized carbons (Fsp3) is 0.455. The number of methoxy groups -OCH3 is 1. The second-order valence-electron chi connectivity index (χ2n) is 3.42. The maximum absolute atomic E-state index is 5.98. The lowest BCUT2D eigenvalue weighted by Crippen LogP contribution is -2.14. The first kappa shape index (κ1) is 12.7. The van der Waals surface area contributed by atoms with Crippen molar-refractivity contribution in [2.45, 2.75) is 26.3 Å². The fourth-order valence-corrected chi connectivity index (χ4v) is 2.21. The van der Waals surface area contributed by atoms with Crippen LogP contribution in [0.2, 0.25) is 5.02 Å². The van der Waals surface area contributed by atoms with E-state index in [-0.39, 0.29) is 0 Å². The number of nitrogens with one attached hydrogen (secondary N) is 1. The summed E-state index contributed by atoms with van der Waals surface area (Å²) < 4.78 is 6.17. The van der Waals surface area contributed by atoms with E-state index >= 15 is 0 Å². The van der Waals surface area contributed by atoms with Gasteiger partial charge in [0.2, 0.25) is 0 Å². The predicted molar refractivity (Wildman–Crippen MR) is 69.1 cm³/mol. The van der Waals surface area contributed by atoms with Crippen molar-refractivity contribution in [3.63, 3.8) is 0 Å². The van der Waals surface area contributed by atoms with Crippen LogP contribution >= 0.6 is 27.5 Å². The van der Waals surface area contributed by atoms with Crippen molar-refractivity contribution in [2.75, 3.05) is 12.4 Å². The van der Waals surface area contributed by atoms with Crippen LogP contribution < -0.4 is 10.1 Å². The molecule has 15 heavy (non-hydrogen) atoms. The highest BCUT2D eigenvalue weighted by molar-refractivity contribution is 9.10. The van der Waals surface area contributed by atoms with Crippen LogP contribution in [0.25, 0.3) is 0 Å². The molecule has 4 heteroatoms. The van der Waals surface area contributed by atoms with Crippen LogP contribution in [-0.2, 0) is 0 Å². The number of halogens is 2. The van der Waals surface area contributed by atoms with Crippen LogP contribution in [0, 0.1) is 0 Å². The quantitative estimate of drug-likeness (QED) is 0.892.